The SMILES string of the molecule is CC(O)C(N)C1OC(O)C(O)C(O)C1O. The van der Waals surface area contributed by atoms with Gasteiger partial charge in [-0.3, -0.25) is 0 Å². The van der Waals surface area contributed by atoms with Crippen molar-refractivity contribution >= 4 is 0 Å². The van der Waals surface area contributed by atoms with Crippen molar-refractivity contribution in [3.05, 3.63) is 0 Å². The molecule has 1 heterocycles. The third kappa shape index (κ3) is 2.45. The molecular weight excluding hydrogens is 206 g/mol. The van der Waals surface area contributed by atoms with Crippen LogP contribution in [0.3, 0.4) is 0 Å². The summed E-state index contributed by atoms with van der Waals surface area (Å²) in [6.45, 7) is 1.39. The molecule has 1 fully saturated rings. The smallest absolute Gasteiger partial charge is 0.184 e. The van der Waals surface area contributed by atoms with Gasteiger partial charge in [-0.25, -0.2) is 0 Å². The monoisotopic (exact) mass is 223 g/mol. The lowest BCUT2D eigenvalue weighted by Gasteiger charge is -2.41. The summed E-state index contributed by atoms with van der Waals surface area (Å²) in [5.41, 5.74) is 5.51. The van der Waals surface area contributed by atoms with Crippen LogP contribution in [-0.4, -0.2) is 68.4 Å². The summed E-state index contributed by atoms with van der Waals surface area (Å²) < 4.78 is 4.81. The van der Waals surface area contributed by atoms with Crippen molar-refractivity contribution in [1.29, 1.82) is 0 Å². The Bertz CT molecular complexity index is 213. The van der Waals surface area contributed by atoms with Crippen molar-refractivity contribution in [2.24, 2.45) is 5.73 Å². The minimum atomic E-state index is -1.63. The Morgan fingerprint density at radius 3 is 2.07 bits per heavy atom. The van der Waals surface area contributed by atoms with Crippen molar-refractivity contribution in [2.45, 2.75) is 49.8 Å². The number of hydrogen-bond donors (Lipinski definition) is 6. The summed E-state index contributed by atoms with van der Waals surface area (Å²) >= 11 is 0. The van der Waals surface area contributed by atoms with Gasteiger partial charge in [0.2, 0.25) is 0 Å². The Hall–Kier alpha value is -0.280. The molecular formula is C8H17NO6. The molecule has 1 rings (SSSR count). The molecule has 1 aliphatic rings. The van der Waals surface area contributed by atoms with Crippen LogP contribution in [0.5, 0.6) is 0 Å². The molecule has 15 heavy (non-hydrogen) atoms. The molecule has 7 atom stereocenters. The highest BCUT2D eigenvalue weighted by Crippen LogP contribution is 2.22. The molecule has 7 unspecified atom stereocenters. The van der Waals surface area contributed by atoms with Crippen LogP contribution in [0.1, 0.15) is 6.92 Å². The van der Waals surface area contributed by atoms with E-state index in [4.69, 9.17) is 15.6 Å². The van der Waals surface area contributed by atoms with Gasteiger partial charge in [0.1, 0.15) is 24.4 Å². The predicted octanol–water partition coefficient (Wildman–Crippen LogP) is -3.51. The van der Waals surface area contributed by atoms with E-state index in [2.05, 4.69) is 0 Å². The van der Waals surface area contributed by atoms with E-state index in [0.29, 0.717) is 0 Å². The van der Waals surface area contributed by atoms with Gasteiger partial charge >= 0.3 is 0 Å². The number of aliphatic hydroxyl groups excluding tert-OH is 5. The van der Waals surface area contributed by atoms with Gasteiger partial charge in [-0.05, 0) is 6.92 Å². The molecule has 7 N–H and O–H groups in total. The maximum Gasteiger partial charge on any atom is 0.184 e. The Labute approximate surface area is 86.7 Å². The fourth-order valence-corrected chi connectivity index (χ4v) is 1.48. The zero-order valence-corrected chi connectivity index (χ0v) is 8.26. The Morgan fingerprint density at radius 2 is 1.60 bits per heavy atom. The molecule has 0 spiro atoms. The minimum absolute atomic E-state index is 0.961. The summed E-state index contributed by atoms with van der Waals surface area (Å²) in [5, 5.41) is 46.4. The average molecular weight is 223 g/mol. The summed E-state index contributed by atoms with van der Waals surface area (Å²) in [6, 6.07) is -0.961. The molecule has 7 nitrogen and oxygen atoms in total. The summed E-state index contributed by atoms with van der Waals surface area (Å²) in [6.07, 6.45) is -8.31. The largest absolute Gasteiger partial charge is 0.392 e. The van der Waals surface area contributed by atoms with Crippen LogP contribution in [-0.2, 0) is 4.74 Å². The second-order valence-electron chi connectivity index (χ2n) is 3.78. The highest BCUT2D eigenvalue weighted by molar-refractivity contribution is 4.94. The molecule has 0 aliphatic carbocycles. The quantitative estimate of drug-likeness (QED) is 0.286. The Morgan fingerprint density at radius 1 is 1.07 bits per heavy atom. The number of hydrogen-bond acceptors (Lipinski definition) is 7. The van der Waals surface area contributed by atoms with E-state index in [9.17, 15) is 20.4 Å². The molecule has 0 aromatic heterocycles. The number of aliphatic hydroxyl groups is 5. The predicted molar refractivity (Wildman–Crippen MR) is 48.6 cm³/mol. The van der Waals surface area contributed by atoms with Crippen LogP contribution in [0, 0.1) is 0 Å². The van der Waals surface area contributed by atoms with Crippen molar-refractivity contribution in [3.8, 4) is 0 Å². The maximum atomic E-state index is 9.51. The van der Waals surface area contributed by atoms with E-state index in [0.717, 1.165) is 0 Å². The lowest BCUT2D eigenvalue weighted by atomic mass is 9.92. The highest BCUT2D eigenvalue weighted by atomic mass is 16.6. The number of nitrogens with two attached hydrogens (primary N) is 1. The van der Waals surface area contributed by atoms with Crippen molar-refractivity contribution in [1.82, 2.24) is 0 Å². The van der Waals surface area contributed by atoms with E-state index in [1.165, 1.54) is 6.92 Å². The second-order valence-corrected chi connectivity index (χ2v) is 3.78. The number of ether oxygens (including phenoxy) is 1. The molecule has 1 aliphatic heterocycles. The third-order valence-electron chi connectivity index (χ3n) is 2.56. The van der Waals surface area contributed by atoms with Crippen LogP contribution in [0.25, 0.3) is 0 Å². The molecule has 0 amide bonds. The third-order valence-corrected chi connectivity index (χ3v) is 2.56. The normalized spacial score (nSPS) is 46.2. The summed E-state index contributed by atoms with van der Waals surface area (Å²) in [4.78, 5) is 0. The van der Waals surface area contributed by atoms with Gasteiger partial charge in [-0.1, -0.05) is 0 Å². The Balaban J connectivity index is 2.74. The molecule has 0 radical (unpaired) electrons. The van der Waals surface area contributed by atoms with Gasteiger partial charge in [0.05, 0.1) is 12.1 Å². The van der Waals surface area contributed by atoms with Gasteiger partial charge in [0, 0.05) is 0 Å². The Kier molecular flexibility index (Phi) is 4.01. The van der Waals surface area contributed by atoms with Crippen LogP contribution < -0.4 is 5.73 Å². The first-order valence-electron chi connectivity index (χ1n) is 4.67. The minimum Gasteiger partial charge on any atom is -0.392 e. The van der Waals surface area contributed by atoms with E-state index in [-0.39, 0.29) is 0 Å². The van der Waals surface area contributed by atoms with Gasteiger partial charge in [0.25, 0.3) is 0 Å². The molecule has 90 valence electrons. The van der Waals surface area contributed by atoms with Crippen molar-refractivity contribution in [2.75, 3.05) is 0 Å². The van der Waals surface area contributed by atoms with Crippen LogP contribution >= 0.6 is 0 Å². The van der Waals surface area contributed by atoms with E-state index < -0.39 is 42.9 Å². The summed E-state index contributed by atoms with van der Waals surface area (Å²) in [5.74, 6) is 0. The molecule has 0 bridgehead atoms. The topological polar surface area (TPSA) is 136 Å². The fourth-order valence-electron chi connectivity index (χ4n) is 1.48. The average Bonchev–Trinajstić information content (AvgIpc) is 2.19. The molecule has 1 saturated heterocycles. The first-order valence-corrected chi connectivity index (χ1v) is 4.67. The first kappa shape index (κ1) is 12.8. The van der Waals surface area contributed by atoms with Crippen LogP contribution in [0.15, 0.2) is 0 Å². The lowest BCUT2D eigenvalue weighted by Crippen LogP contribution is -2.63. The van der Waals surface area contributed by atoms with E-state index in [1.807, 2.05) is 0 Å². The lowest BCUT2D eigenvalue weighted by molar-refractivity contribution is -0.288. The second kappa shape index (κ2) is 4.71. The van der Waals surface area contributed by atoms with Crippen LogP contribution in [0.2, 0.25) is 0 Å². The van der Waals surface area contributed by atoms with Gasteiger partial charge in [0.15, 0.2) is 6.29 Å². The molecule has 7 heteroatoms. The standard InChI is InChI=1S/C8H17NO6/c1-2(10)3(9)7-5(12)4(11)6(13)8(14)15-7/h2-8,10-14H,9H2,1H3. The summed E-state index contributed by atoms with van der Waals surface area (Å²) in [7, 11) is 0. The highest BCUT2D eigenvalue weighted by Gasteiger charge is 2.46. The maximum absolute atomic E-state index is 9.51. The van der Waals surface area contributed by atoms with Crippen molar-refractivity contribution in [3.63, 3.8) is 0 Å². The first-order chi connectivity index (χ1) is 6.86. The van der Waals surface area contributed by atoms with E-state index >= 15 is 0 Å². The van der Waals surface area contributed by atoms with Crippen LogP contribution in [0.4, 0.5) is 0 Å². The molecule has 0 aromatic carbocycles. The zero-order valence-electron chi connectivity index (χ0n) is 8.26. The van der Waals surface area contributed by atoms with Gasteiger partial charge < -0.3 is 36.0 Å². The zero-order chi connectivity index (χ0) is 11.7. The molecule has 0 aromatic rings. The van der Waals surface area contributed by atoms with Gasteiger partial charge in [-0.2, -0.15) is 0 Å². The molecule has 0 saturated carbocycles. The fraction of sp³-hybridized carbons (Fsp3) is 1.00. The van der Waals surface area contributed by atoms with E-state index in [1.54, 1.807) is 0 Å². The van der Waals surface area contributed by atoms with Gasteiger partial charge in [-0.15, -0.1) is 0 Å². The van der Waals surface area contributed by atoms with Crippen molar-refractivity contribution < 1.29 is 30.3 Å². The number of rotatable bonds is 2.